The van der Waals surface area contributed by atoms with Gasteiger partial charge in [-0.15, -0.1) is 0 Å². The van der Waals surface area contributed by atoms with Gasteiger partial charge in [-0.2, -0.15) is 13.2 Å². The Morgan fingerprint density at radius 3 is 2.42 bits per heavy atom. The predicted molar refractivity (Wildman–Crippen MR) is 105 cm³/mol. The van der Waals surface area contributed by atoms with Crippen molar-refractivity contribution in [1.82, 2.24) is 14.9 Å². The summed E-state index contributed by atoms with van der Waals surface area (Å²) in [7, 11) is 0. The highest BCUT2D eigenvalue weighted by Crippen LogP contribution is 2.31. The number of hydrogen-bond donors (Lipinski definition) is 1. The monoisotopic (exact) mass is 442 g/mol. The van der Waals surface area contributed by atoms with E-state index in [9.17, 15) is 13.2 Å². The third-order valence-corrected chi connectivity index (χ3v) is 5.28. The summed E-state index contributed by atoms with van der Waals surface area (Å²) >= 11 is 0. The fourth-order valence-electron chi connectivity index (χ4n) is 3.66. The summed E-state index contributed by atoms with van der Waals surface area (Å²) in [5.41, 5.74) is 2.30. The van der Waals surface area contributed by atoms with Crippen molar-refractivity contribution in [1.29, 1.82) is 0 Å². The first-order chi connectivity index (χ1) is 14.7. The van der Waals surface area contributed by atoms with Gasteiger partial charge in [-0.3, -0.25) is 4.90 Å². The van der Waals surface area contributed by atoms with Crippen LogP contribution in [0.25, 0.3) is 0 Å². The number of nitrogens with zero attached hydrogens (tertiary/aromatic N) is 4. The highest BCUT2D eigenvalue weighted by molar-refractivity contribution is 5.73. The molecule has 2 saturated heterocycles. The summed E-state index contributed by atoms with van der Waals surface area (Å²) in [5, 5.41) is 7.12. The fraction of sp³-hybridized carbons (Fsp3) is 0.550. The van der Waals surface area contributed by atoms with E-state index in [0.29, 0.717) is 0 Å². The molecule has 2 aliphatic rings. The summed E-state index contributed by atoms with van der Waals surface area (Å²) in [6.07, 6.45) is 4.30. The molecular weight excluding hydrogens is 417 g/mol. The summed E-state index contributed by atoms with van der Waals surface area (Å²) in [5.74, 6) is -1.92. The van der Waals surface area contributed by atoms with Crippen molar-refractivity contribution in [3.63, 3.8) is 0 Å². The first-order valence-electron chi connectivity index (χ1n) is 9.88. The van der Waals surface area contributed by atoms with Crippen molar-refractivity contribution in [2.45, 2.75) is 38.1 Å². The molecule has 0 amide bonds. The number of hydrogen-bond acceptors (Lipinski definition) is 7. The van der Waals surface area contributed by atoms with Gasteiger partial charge in [0, 0.05) is 50.7 Å². The van der Waals surface area contributed by atoms with Crippen LogP contribution < -0.4 is 4.90 Å². The van der Waals surface area contributed by atoms with E-state index in [4.69, 9.17) is 19.1 Å². The van der Waals surface area contributed by atoms with Crippen molar-refractivity contribution >= 4 is 11.9 Å². The highest BCUT2D eigenvalue weighted by Gasteiger charge is 2.40. The first kappa shape index (κ1) is 23.0. The minimum Gasteiger partial charge on any atom is -0.475 e. The minimum absolute atomic E-state index is 0.0246. The van der Waals surface area contributed by atoms with E-state index in [1.165, 1.54) is 5.56 Å². The van der Waals surface area contributed by atoms with E-state index in [1.807, 2.05) is 31.6 Å². The first-order valence-corrected chi connectivity index (χ1v) is 9.88. The van der Waals surface area contributed by atoms with Crippen molar-refractivity contribution in [2.24, 2.45) is 0 Å². The molecule has 0 aliphatic carbocycles. The molecule has 4 rings (SSSR count). The Hall–Kier alpha value is -2.66. The lowest BCUT2D eigenvalue weighted by atomic mass is 9.89. The molecule has 0 bridgehead atoms. The number of carboxylic acid groups (broad SMARTS) is 1. The van der Waals surface area contributed by atoms with Gasteiger partial charge < -0.3 is 19.2 Å². The van der Waals surface area contributed by atoms with Gasteiger partial charge in [0.1, 0.15) is 0 Å². The summed E-state index contributed by atoms with van der Waals surface area (Å²) < 4.78 is 43.1. The van der Waals surface area contributed by atoms with Crippen LogP contribution >= 0.6 is 0 Å². The molecule has 1 N–H and O–H groups in total. The maximum atomic E-state index is 10.6. The van der Waals surface area contributed by atoms with Crippen molar-refractivity contribution < 1.29 is 32.2 Å². The molecule has 8 nitrogen and oxygen atoms in total. The van der Waals surface area contributed by atoms with Crippen LogP contribution in [0.5, 0.6) is 0 Å². The summed E-state index contributed by atoms with van der Waals surface area (Å²) in [6.45, 7) is 7.62. The summed E-state index contributed by atoms with van der Waals surface area (Å²) in [4.78, 5) is 22.5. The van der Waals surface area contributed by atoms with Gasteiger partial charge >= 0.3 is 12.1 Å². The Morgan fingerprint density at radius 1 is 1.23 bits per heavy atom. The molecule has 0 saturated carbocycles. The normalized spacial score (nSPS) is 19.0. The number of carbonyl (C=O) groups is 1. The molecule has 4 heterocycles. The van der Waals surface area contributed by atoms with Gasteiger partial charge in [0.25, 0.3) is 0 Å². The second-order valence-corrected chi connectivity index (χ2v) is 7.72. The SMILES string of the molecule is Cc1cnc(N2CCC3(CC2)CN(Cc2ccoc2)CCO3)nc1.O=C(O)C(F)(F)F. The molecular formula is C20H25F3N4O4. The number of alkyl halides is 3. The Morgan fingerprint density at radius 2 is 1.87 bits per heavy atom. The largest absolute Gasteiger partial charge is 0.490 e. The number of morpholine rings is 1. The van der Waals surface area contributed by atoms with E-state index in [1.54, 1.807) is 6.26 Å². The molecule has 0 atom stereocenters. The predicted octanol–water partition coefficient (Wildman–Crippen LogP) is 2.88. The number of rotatable bonds is 3. The van der Waals surface area contributed by atoms with Crippen LogP contribution in [0.15, 0.2) is 35.4 Å². The number of aryl methyl sites for hydroxylation is 1. The third-order valence-electron chi connectivity index (χ3n) is 5.28. The number of aliphatic carboxylic acids is 1. The van der Waals surface area contributed by atoms with Crippen LogP contribution in [0, 0.1) is 6.92 Å². The van der Waals surface area contributed by atoms with Gasteiger partial charge in [-0.25, -0.2) is 14.8 Å². The van der Waals surface area contributed by atoms with Crippen LogP contribution in [0.3, 0.4) is 0 Å². The molecule has 0 radical (unpaired) electrons. The number of furan rings is 1. The quantitative estimate of drug-likeness (QED) is 0.776. The van der Waals surface area contributed by atoms with Crippen molar-refractivity contribution in [2.75, 3.05) is 37.7 Å². The van der Waals surface area contributed by atoms with Crippen LogP contribution in [-0.2, 0) is 16.1 Å². The molecule has 2 aromatic rings. The molecule has 170 valence electrons. The van der Waals surface area contributed by atoms with Gasteiger partial charge in [0.2, 0.25) is 5.95 Å². The zero-order valence-electron chi connectivity index (χ0n) is 17.1. The van der Waals surface area contributed by atoms with Crippen LogP contribution in [0.2, 0.25) is 0 Å². The Labute approximate surface area is 177 Å². The zero-order chi connectivity index (χ0) is 22.5. The van der Waals surface area contributed by atoms with Crippen LogP contribution in [0.4, 0.5) is 19.1 Å². The zero-order valence-corrected chi connectivity index (χ0v) is 17.1. The Bertz CT molecular complexity index is 835. The van der Waals surface area contributed by atoms with Crippen molar-refractivity contribution in [3.05, 3.63) is 42.1 Å². The topological polar surface area (TPSA) is 91.9 Å². The Balaban J connectivity index is 0.000000339. The second-order valence-electron chi connectivity index (χ2n) is 7.72. The van der Waals surface area contributed by atoms with E-state index < -0.39 is 12.1 Å². The average Bonchev–Trinajstić information content (AvgIpc) is 3.22. The highest BCUT2D eigenvalue weighted by atomic mass is 19.4. The van der Waals surface area contributed by atoms with Gasteiger partial charge in [-0.05, 0) is 31.4 Å². The van der Waals surface area contributed by atoms with Gasteiger partial charge in [0.15, 0.2) is 0 Å². The van der Waals surface area contributed by atoms with E-state index >= 15 is 0 Å². The molecule has 1 spiro atoms. The van der Waals surface area contributed by atoms with Crippen LogP contribution in [-0.4, -0.2) is 70.5 Å². The third kappa shape index (κ3) is 6.41. The van der Waals surface area contributed by atoms with E-state index in [-0.39, 0.29) is 5.60 Å². The second kappa shape index (κ2) is 9.65. The van der Waals surface area contributed by atoms with E-state index in [0.717, 1.165) is 63.7 Å². The number of aromatic nitrogens is 2. The van der Waals surface area contributed by atoms with Crippen molar-refractivity contribution in [3.8, 4) is 0 Å². The van der Waals surface area contributed by atoms with Gasteiger partial charge in [0.05, 0.1) is 24.7 Å². The molecule has 2 aromatic heterocycles. The molecule has 2 aliphatic heterocycles. The van der Waals surface area contributed by atoms with Crippen LogP contribution in [0.1, 0.15) is 24.0 Å². The molecule has 0 unspecified atom stereocenters. The lowest BCUT2D eigenvalue weighted by Crippen LogP contribution is -2.56. The number of ether oxygens (including phenoxy) is 1. The number of halogens is 3. The average molecular weight is 442 g/mol. The molecule has 2 fully saturated rings. The minimum atomic E-state index is -5.08. The van der Waals surface area contributed by atoms with E-state index in [2.05, 4.69) is 19.8 Å². The Kier molecular flexibility index (Phi) is 7.16. The fourth-order valence-corrected chi connectivity index (χ4v) is 3.66. The maximum absolute atomic E-state index is 10.6. The molecule has 0 aromatic carbocycles. The molecule has 31 heavy (non-hydrogen) atoms. The summed E-state index contributed by atoms with van der Waals surface area (Å²) in [6, 6.07) is 2.04. The lowest BCUT2D eigenvalue weighted by molar-refractivity contribution is -0.192. The number of piperidine rings is 1. The van der Waals surface area contributed by atoms with Gasteiger partial charge in [-0.1, -0.05) is 0 Å². The smallest absolute Gasteiger partial charge is 0.475 e. The number of anilines is 1. The maximum Gasteiger partial charge on any atom is 0.490 e. The lowest BCUT2D eigenvalue weighted by Gasteiger charge is -2.47. The standard InChI is InChI=1S/C18H24N4O2.C2HF3O2/c1-15-10-19-17(20-11-15)22-5-3-18(4-6-22)14-21(7-9-24-18)12-16-2-8-23-13-16;3-2(4,5)1(6)7/h2,8,10-11,13H,3-7,9,12,14H2,1H3;(H,6,7). The number of carboxylic acids is 1. The molecule has 11 heteroatoms.